The topological polar surface area (TPSA) is 72.5 Å². The van der Waals surface area contributed by atoms with E-state index < -0.39 is 0 Å². The number of nitrogens with zero attached hydrogens (tertiary/aromatic N) is 3. The van der Waals surface area contributed by atoms with Crippen LogP contribution in [-0.2, 0) is 0 Å². The molecule has 6 heteroatoms. The maximum atomic E-state index is 13.2. The van der Waals surface area contributed by atoms with E-state index in [0.717, 1.165) is 37.2 Å². The van der Waals surface area contributed by atoms with E-state index in [9.17, 15) is 9.90 Å². The molecule has 2 N–H and O–H groups in total. The van der Waals surface area contributed by atoms with E-state index in [4.69, 9.17) is 0 Å². The van der Waals surface area contributed by atoms with E-state index in [1.807, 2.05) is 24.0 Å². The Morgan fingerprint density at radius 1 is 1.27 bits per heavy atom. The average Bonchev–Trinajstić information content (AvgIpc) is 3.27. The number of carbonyl (C=O) groups excluding carboxylic acids is 1. The van der Waals surface area contributed by atoms with E-state index in [1.165, 1.54) is 0 Å². The number of phenols is 1. The van der Waals surface area contributed by atoms with Crippen LogP contribution in [0.25, 0.3) is 0 Å². The van der Waals surface area contributed by atoms with Gasteiger partial charge in [0.25, 0.3) is 5.91 Å². The highest BCUT2D eigenvalue weighted by Crippen LogP contribution is 2.47. The summed E-state index contributed by atoms with van der Waals surface area (Å²) in [5.41, 5.74) is 2.03. The van der Waals surface area contributed by atoms with Gasteiger partial charge in [-0.1, -0.05) is 12.1 Å². The molecule has 6 nitrogen and oxygen atoms in total. The highest BCUT2D eigenvalue weighted by Gasteiger charge is 2.55. The lowest BCUT2D eigenvalue weighted by Crippen LogP contribution is -2.60. The van der Waals surface area contributed by atoms with Crippen LogP contribution in [0.3, 0.4) is 0 Å². The van der Waals surface area contributed by atoms with Crippen molar-refractivity contribution in [3.8, 4) is 5.75 Å². The normalized spacial score (nSPS) is 32.7. The van der Waals surface area contributed by atoms with Crippen molar-refractivity contribution in [3.05, 3.63) is 47.5 Å². The molecule has 4 aliphatic rings. The largest absolute Gasteiger partial charge is 0.508 e. The van der Waals surface area contributed by atoms with Crippen molar-refractivity contribution in [2.45, 2.75) is 37.8 Å². The second-order valence-electron chi connectivity index (χ2n) is 7.93. The van der Waals surface area contributed by atoms with Gasteiger partial charge in [-0.3, -0.25) is 9.69 Å². The third-order valence-corrected chi connectivity index (χ3v) is 6.46. The van der Waals surface area contributed by atoms with Crippen LogP contribution in [0.15, 0.2) is 30.5 Å². The number of carbonyl (C=O) groups is 1. The Labute approximate surface area is 152 Å². The first-order chi connectivity index (χ1) is 12.6. The van der Waals surface area contributed by atoms with Crippen molar-refractivity contribution in [3.63, 3.8) is 0 Å². The second-order valence-corrected chi connectivity index (χ2v) is 7.93. The lowest BCUT2D eigenvalue weighted by atomic mass is 9.75. The quantitative estimate of drug-likeness (QED) is 0.868. The molecule has 2 bridgehead atoms. The molecule has 0 unspecified atom stereocenters. The predicted molar refractivity (Wildman–Crippen MR) is 97.1 cm³/mol. The van der Waals surface area contributed by atoms with Gasteiger partial charge in [-0.05, 0) is 56.5 Å². The fraction of sp³-hybridized carbons (Fsp3) is 0.500. The number of hydrogen-bond donors (Lipinski definition) is 2. The molecule has 0 saturated carbocycles. The SMILES string of the molecule is Cc1cnc(C(=O)N2C[C@H](c3cccc(O)c3)[C@H]3[C@@H]2C2CCN3CC2)[nH]1. The molecule has 4 aliphatic heterocycles. The van der Waals surface area contributed by atoms with Crippen LogP contribution in [0.2, 0.25) is 0 Å². The maximum Gasteiger partial charge on any atom is 0.289 e. The van der Waals surface area contributed by atoms with Crippen LogP contribution >= 0.6 is 0 Å². The van der Waals surface area contributed by atoms with Crippen molar-refractivity contribution in [2.75, 3.05) is 19.6 Å². The number of imidazole rings is 1. The van der Waals surface area contributed by atoms with Gasteiger partial charge in [0.1, 0.15) is 5.75 Å². The number of aromatic amines is 1. The molecule has 0 radical (unpaired) electrons. The van der Waals surface area contributed by atoms with Gasteiger partial charge in [0, 0.05) is 30.4 Å². The van der Waals surface area contributed by atoms with Gasteiger partial charge in [-0.15, -0.1) is 0 Å². The van der Waals surface area contributed by atoms with Gasteiger partial charge in [0.15, 0.2) is 5.82 Å². The summed E-state index contributed by atoms with van der Waals surface area (Å²) in [5.74, 6) is 1.53. The van der Waals surface area contributed by atoms with Gasteiger partial charge < -0.3 is 15.0 Å². The van der Waals surface area contributed by atoms with Crippen LogP contribution in [0.5, 0.6) is 5.75 Å². The third-order valence-electron chi connectivity index (χ3n) is 6.46. The average molecular weight is 352 g/mol. The molecule has 5 heterocycles. The van der Waals surface area contributed by atoms with Crippen molar-refractivity contribution >= 4 is 5.91 Å². The lowest BCUT2D eigenvalue weighted by molar-refractivity contribution is -0.00375. The Kier molecular flexibility index (Phi) is 3.57. The lowest BCUT2D eigenvalue weighted by Gasteiger charge is -2.51. The molecule has 1 aromatic carbocycles. The summed E-state index contributed by atoms with van der Waals surface area (Å²) < 4.78 is 0. The Morgan fingerprint density at radius 3 is 2.77 bits per heavy atom. The number of fused-ring (bicyclic) bond motifs is 2. The molecule has 6 rings (SSSR count). The zero-order valence-corrected chi connectivity index (χ0v) is 14.9. The first-order valence-electron chi connectivity index (χ1n) is 9.47. The molecule has 136 valence electrons. The number of likely N-dealkylation sites (tertiary alicyclic amines) is 1. The predicted octanol–water partition coefficient (Wildman–Crippen LogP) is 2.13. The number of phenolic OH excluding ortho intramolecular Hbond substituents is 1. The Balaban J connectivity index is 1.53. The summed E-state index contributed by atoms with van der Waals surface area (Å²) in [5, 5.41) is 9.95. The van der Waals surface area contributed by atoms with Gasteiger partial charge >= 0.3 is 0 Å². The summed E-state index contributed by atoms with van der Waals surface area (Å²) in [6.07, 6.45) is 4.04. The van der Waals surface area contributed by atoms with Crippen LogP contribution in [0, 0.1) is 12.8 Å². The fourth-order valence-electron chi connectivity index (χ4n) is 5.36. The molecule has 3 atom stereocenters. The van der Waals surface area contributed by atoms with Crippen molar-refractivity contribution < 1.29 is 9.90 Å². The van der Waals surface area contributed by atoms with Gasteiger partial charge in [-0.2, -0.15) is 0 Å². The monoisotopic (exact) mass is 352 g/mol. The molecular formula is C20H24N4O2. The van der Waals surface area contributed by atoms with Crippen LogP contribution < -0.4 is 0 Å². The zero-order valence-electron chi connectivity index (χ0n) is 14.9. The molecule has 4 fully saturated rings. The third kappa shape index (κ3) is 2.35. The first kappa shape index (κ1) is 15.9. The van der Waals surface area contributed by atoms with Crippen molar-refractivity contribution in [1.82, 2.24) is 19.8 Å². The molecule has 0 aliphatic carbocycles. The number of hydrogen-bond acceptors (Lipinski definition) is 4. The van der Waals surface area contributed by atoms with Crippen LogP contribution in [0.4, 0.5) is 0 Å². The first-order valence-corrected chi connectivity index (χ1v) is 9.47. The molecule has 1 amide bonds. The Bertz CT molecular complexity index is 840. The number of aromatic nitrogens is 2. The minimum absolute atomic E-state index is 0.00417. The van der Waals surface area contributed by atoms with Crippen molar-refractivity contribution in [1.29, 1.82) is 0 Å². The van der Waals surface area contributed by atoms with Gasteiger partial charge in [0.2, 0.25) is 0 Å². The minimum Gasteiger partial charge on any atom is -0.508 e. The number of aromatic hydroxyl groups is 1. The second kappa shape index (κ2) is 5.84. The summed E-state index contributed by atoms with van der Waals surface area (Å²) in [6, 6.07) is 8.12. The van der Waals surface area contributed by atoms with E-state index >= 15 is 0 Å². The number of aryl methyl sites for hydroxylation is 1. The molecule has 1 aromatic heterocycles. The van der Waals surface area contributed by atoms with Crippen LogP contribution in [-0.4, -0.2) is 62.5 Å². The van der Waals surface area contributed by atoms with E-state index in [2.05, 4.69) is 20.9 Å². The number of benzene rings is 1. The van der Waals surface area contributed by atoms with Crippen molar-refractivity contribution in [2.24, 2.45) is 5.92 Å². The zero-order chi connectivity index (χ0) is 17.8. The van der Waals surface area contributed by atoms with Crippen LogP contribution in [0.1, 0.15) is 40.6 Å². The smallest absolute Gasteiger partial charge is 0.289 e. The van der Waals surface area contributed by atoms with Gasteiger partial charge in [-0.25, -0.2) is 4.98 Å². The Hall–Kier alpha value is -2.34. The van der Waals surface area contributed by atoms with E-state index in [-0.39, 0.29) is 17.9 Å². The molecular weight excluding hydrogens is 328 g/mol. The molecule has 4 saturated heterocycles. The van der Waals surface area contributed by atoms with Gasteiger partial charge in [0.05, 0.1) is 6.04 Å². The summed E-state index contributed by atoms with van der Waals surface area (Å²) >= 11 is 0. The Morgan fingerprint density at radius 2 is 2.08 bits per heavy atom. The number of nitrogens with one attached hydrogen (secondary N) is 1. The molecule has 0 spiro atoms. The fourth-order valence-corrected chi connectivity index (χ4v) is 5.36. The minimum atomic E-state index is 0.00417. The number of rotatable bonds is 2. The van der Waals surface area contributed by atoms with E-state index in [1.54, 1.807) is 12.3 Å². The summed E-state index contributed by atoms with van der Waals surface area (Å²) in [4.78, 5) is 25.2. The van der Waals surface area contributed by atoms with E-state index in [0.29, 0.717) is 30.1 Å². The maximum absolute atomic E-state index is 13.2. The molecule has 26 heavy (non-hydrogen) atoms. The standard InChI is InChI=1S/C20H24N4O2/c1-12-10-21-19(22-12)20(26)24-11-16(14-3-2-4-15(25)9-14)18-17(24)13-5-7-23(18)8-6-13/h2-4,9-10,13,16-18,25H,5-8,11H2,1H3,(H,21,22)/t16-,17+,18+/m1/s1. The number of H-pyrrole nitrogens is 1. The highest BCUT2D eigenvalue weighted by molar-refractivity contribution is 5.91. The number of piperidine rings is 3. The summed E-state index contributed by atoms with van der Waals surface area (Å²) in [6.45, 7) is 4.83. The molecule has 2 aromatic rings. The number of amides is 1. The highest BCUT2D eigenvalue weighted by atomic mass is 16.3. The summed E-state index contributed by atoms with van der Waals surface area (Å²) in [7, 11) is 0.